The molecule has 6 rings (SSSR count). The first kappa shape index (κ1) is 12.7. The van der Waals surface area contributed by atoms with Gasteiger partial charge in [0.1, 0.15) is 0 Å². The fourth-order valence-electron chi connectivity index (χ4n) is 8.11. The molecule has 1 N–H and O–H groups in total. The number of allylic oxidation sites excluding steroid dienone is 2. The Hall–Kier alpha value is -0.790. The third-order valence-corrected chi connectivity index (χ3v) is 8.82. The molecule has 0 amide bonds. The largest absolute Gasteiger partial charge is 0.481 e. The lowest BCUT2D eigenvalue weighted by Crippen LogP contribution is -2.58. The zero-order chi connectivity index (χ0) is 14.5. The molecule has 0 aromatic carbocycles. The van der Waals surface area contributed by atoms with Gasteiger partial charge in [0.05, 0.1) is 5.41 Å². The van der Waals surface area contributed by atoms with Crippen molar-refractivity contribution in [3.8, 4) is 0 Å². The summed E-state index contributed by atoms with van der Waals surface area (Å²) in [4.78, 5) is 12.5. The molecule has 6 aliphatic rings. The molecule has 114 valence electrons. The van der Waals surface area contributed by atoms with Crippen molar-refractivity contribution >= 4 is 5.97 Å². The van der Waals surface area contributed by atoms with Crippen LogP contribution in [-0.2, 0) is 4.79 Å². The van der Waals surface area contributed by atoms with Gasteiger partial charge in [-0.2, -0.15) is 0 Å². The van der Waals surface area contributed by atoms with E-state index in [1.807, 2.05) is 0 Å². The monoisotopic (exact) mass is 286 g/mol. The van der Waals surface area contributed by atoms with Gasteiger partial charge in [-0.3, -0.25) is 4.79 Å². The van der Waals surface area contributed by atoms with E-state index in [-0.39, 0.29) is 5.41 Å². The van der Waals surface area contributed by atoms with Crippen LogP contribution in [0.15, 0.2) is 12.2 Å². The maximum atomic E-state index is 12.5. The van der Waals surface area contributed by atoms with E-state index in [0.717, 1.165) is 24.7 Å². The molecule has 2 nitrogen and oxygen atoms in total. The molecule has 0 saturated heterocycles. The summed E-state index contributed by atoms with van der Waals surface area (Å²) in [6.45, 7) is 2.39. The molecule has 0 aliphatic heterocycles. The Balaban J connectivity index is 1.65. The van der Waals surface area contributed by atoms with E-state index in [0.29, 0.717) is 17.3 Å². The van der Waals surface area contributed by atoms with E-state index in [9.17, 15) is 9.90 Å². The molecule has 0 heterocycles. The number of rotatable bonds is 2. The number of aliphatic carboxylic acids is 1. The van der Waals surface area contributed by atoms with Crippen LogP contribution in [0.2, 0.25) is 0 Å². The van der Waals surface area contributed by atoms with Crippen molar-refractivity contribution in [2.24, 2.45) is 39.9 Å². The van der Waals surface area contributed by atoms with Crippen LogP contribution in [0.3, 0.4) is 0 Å². The van der Waals surface area contributed by atoms with E-state index in [2.05, 4.69) is 19.1 Å². The van der Waals surface area contributed by atoms with Gasteiger partial charge in [-0.1, -0.05) is 31.9 Å². The van der Waals surface area contributed by atoms with E-state index < -0.39 is 11.4 Å². The molecule has 6 aliphatic carbocycles. The van der Waals surface area contributed by atoms with E-state index in [4.69, 9.17) is 0 Å². The van der Waals surface area contributed by atoms with E-state index in [1.165, 1.54) is 38.5 Å². The van der Waals surface area contributed by atoms with Crippen LogP contribution in [0.5, 0.6) is 0 Å². The van der Waals surface area contributed by atoms with Crippen molar-refractivity contribution < 1.29 is 9.90 Å². The average molecular weight is 286 g/mol. The molecule has 7 unspecified atom stereocenters. The van der Waals surface area contributed by atoms with Crippen molar-refractivity contribution in [1.82, 2.24) is 0 Å². The van der Waals surface area contributed by atoms with Gasteiger partial charge in [0.25, 0.3) is 0 Å². The quantitative estimate of drug-likeness (QED) is 0.770. The second-order valence-electron chi connectivity index (χ2n) is 8.98. The van der Waals surface area contributed by atoms with Gasteiger partial charge in [0.2, 0.25) is 0 Å². The molecule has 0 aromatic heterocycles. The first-order chi connectivity index (χ1) is 10.0. The van der Waals surface area contributed by atoms with Crippen LogP contribution in [0, 0.1) is 39.9 Å². The molecule has 0 aromatic rings. The van der Waals surface area contributed by atoms with Crippen LogP contribution in [0.1, 0.15) is 58.3 Å². The number of carboxylic acid groups (broad SMARTS) is 1. The number of fused-ring (bicyclic) bond motifs is 3. The Labute approximate surface area is 127 Å². The fraction of sp³-hybridized carbons (Fsp3) is 0.842. The van der Waals surface area contributed by atoms with Crippen molar-refractivity contribution in [1.29, 1.82) is 0 Å². The minimum atomic E-state index is -0.479. The standard InChI is InChI=1S/C19H26O2/c1-17(10-13-11-18(17)7-3-2-4-15(13)18)19(16(20)21)9-12-5-6-14(19)8-12/h5-6,12-15H,2-4,7-11H2,1H3,(H,20,21). The predicted octanol–water partition coefficient (Wildman–Crippen LogP) is 4.26. The number of carboxylic acids is 1. The molecular formula is C19H26O2. The molecular weight excluding hydrogens is 260 g/mol. The summed E-state index contributed by atoms with van der Waals surface area (Å²) in [5, 5.41) is 10.3. The maximum Gasteiger partial charge on any atom is 0.310 e. The molecule has 5 saturated carbocycles. The first-order valence-corrected chi connectivity index (χ1v) is 8.95. The van der Waals surface area contributed by atoms with Gasteiger partial charge >= 0.3 is 5.97 Å². The number of carbonyl (C=O) groups is 1. The van der Waals surface area contributed by atoms with Gasteiger partial charge in [-0.15, -0.1) is 0 Å². The van der Waals surface area contributed by atoms with Gasteiger partial charge < -0.3 is 5.11 Å². The van der Waals surface area contributed by atoms with Crippen LogP contribution >= 0.6 is 0 Å². The molecule has 5 fully saturated rings. The zero-order valence-electron chi connectivity index (χ0n) is 13.0. The van der Waals surface area contributed by atoms with Gasteiger partial charge in [0, 0.05) is 0 Å². The normalized spacial score (nSPS) is 59.9. The van der Waals surface area contributed by atoms with Gasteiger partial charge in [0.15, 0.2) is 0 Å². The molecule has 7 atom stereocenters. The van der Waals surface area contributed by atoms with Crippen LogP contribution in [-0.4, -0.2) is 11.1 Å². The summed E-state index contributed by atoms with van der Waals surface area (Å²) in [5.41, 5.74) is -0.0222. The van der Waals surface area contributed by atoms with Gasteiger partial charge in [-0.05, 0) is 73.0 Å². The Morgan fingerprint density at radius 3 is 2.71 bits per heavy atom. The van der Waals surface area contributed by atoms with Crippen LogP contribution < -0.4 is 0 Å². The van der Waals surface area contributed by atoms with Crippen LogP contribution in [0.25, 0.3) is 0 Å². The van der Waals surface area contributed by atoms with Crippen LogP contribution in [0.4, 0.5) is 0 Å². The number of hydrogen-bond donors (Lipinski definition) is 1. The predicted molar refractivity (Wildman–Crippen MR) is 80.6 cm³/mol. The van der Waals surface area contributed by atoms with Crippen molar-refractivity contribution in [2.75, 3.05) is 0 Å². The van der Waals surface area contributed by atoms with Crippen molar-refractivity contribution in [2.45, 2.75) is 58.3 Å². The summed E-state index contributed by atoms with van der Waals surface area (Å²) < 4.78 is 0. The molecule has 1 spiro atoms. The van der Waals surface area contributed by atoms with Gasteiger partial charge in [-0.25, -0.2) is 0 Å². The molecule has 2 heteroatoms. The highest BCUT2D eigenvalue weighted by atomic mass is 16.4. The Bertz CT molecular complexity index is 552. The smallest absolute Gasteiger partial charge is 0.310 e. The summed E-state index contributed by atoms with van der Waals surface area (Å²) in [5.74, 6) is 2.07. The average Bonchev–Trinajstić information content (AvgIpc) is 3.15. The Morgan fingerprint density at radius 2 is 2.05 bits per heavy atom. The van der Waals surface area contributed by atoms with Crippen molar-refractivity contribution in [3.05, 3.63) is 12.2 Å². The topological polar surface area (TPSA) is 37.3 Å². The zero-order valence-corrected chi connectivity index (χ0v) is 13.0. The highest BCUT2D eigenvalue weighted by molar-refractivity contribution is 5.78. The fourth-order valence-corrected chi connectivity index (χ4v) is 8.11. The lowest BCUT2D eigenvalue weighted by molar-refractivity contribution is -0.179. The minimum Gasteiger partial charge on any atom is -0.481 e. The maximum absolute atomic E-state index is 12.5. The SMILES string of the molecule is CC1(C2(C(=O)O)CC3C=CC2C3)CC2CC13CCCCC23. The minimum absolute atomic E-state index is 0.0474. The first-order valence-electron chi connectivity index (χ1n) is 8.95. The highest BCUT2D eigenvalue weighted by Gasteiger charge is 2.78. The number of hydrogen-bond acceptors (Lipinski definition) is 1. The summed E-state index contributed by atoms with van der Waals surface area (Å²) in [6, 6.07) is 0. The van der Waals surface area contributed by atoms with E-state index in [1.54, 1.807) is 0 Å². The molecule has 4 bridgehead atoms. The second kappa shape index (κ2) is 3.58. The lowest BCUT2D eigenvalue weighted by atomic mass is 9.42. The summed E-state index contributed by atoms with van der Waals surface area (Å²) in [7, 11) is 0. The molecule has 21 heavy (non-hydrogen) atoms. The van der Waals surface area contributed by atoms with E-state index >= 15 is 0 Å². The van der Waals surface area contributed by atoms with Crippen molar-refractivity contribution in [3.63, 3.8) is 0 Å². The third-order valence-electron chi connectivity index (χ3n) is 8.82. The lowest BCUT2D eigenvalue weighted by Gasteiger charge is -2.61. The summed E-state index contributed by atoms with van der Waals surface area (Å²) >= 11 is 0. The summed E-state index contributed by atoms with van der Waals surface area (Å²) in [6.07, 6.45) is 14.5. The molecule has 0 radical (unpaired) electrons. The highest BCUT2D eigenvalue weighted by Crippen LogP contribution is 2.83. The Morgan fingerprint density at radius 1 is 1.19 bits per heavy atom. The third kappa shape index (κ3) is 1.12. The Kier molecular flexibility index (Phi) is 2.17. The second-order valence-corrected chi connectivity index (χ2v) is 8.98.